The van der Waals surface area contributed by atoms with Crippen LogP contribution in [0, 0.1) is 6.92 Å². The number of ether oxygens (including phenoxy) is 1. The second-order valence-electron chi connectivity index (χ2n) is 4.48. The second kappa shape index (κ2) is 7.35. The van der Waals surface area contributed by atoms with Crippen molar-refractivity contribution in [1.82, 2.24) is 15.3 Å². The molecule has 0 atom stereocenters. The summed E-state index contributed by atoms with van der Waals surface area (Å²) >= 11 is 0. The van der Waals surface area contributed by atoms with E-state index in [4.69, 9.17) is 9.84 Å². The molecular formula is C15H17N3O3. The van der Waals surface area contributed by atoms with Crippen LogP contribution < -0.4 is 10.1 Å². The van der Waals surface area contributed by atoms with Gasteiger partial charge < -0.3 is 15.2 Å². The van der Waals surface area contributed by atoms with Crippen molar-refractivity contribution in [3.63, 3.8) is 0 Å². The first-order valence-electron chi connectivity index (χ1n) is 6.60. The molecule has 0 aliphatic rings. The maximum Gasteiger partial charge on any atom is 0.339 e. The van der Waals surface area contributed by atoms with Crippen molar-refractivity contribution in [2.45, 2.75) is 13.5 Å². The molecule has 0 saturated carbocycles. The lowest BCUT2D eigenvalue weighted by molar-refractivity contribution is 0.0692. The van der Waals surface area contributed by atoms with Gasteiger partial charge in [-0.05, 0) is 19.1 Å². The van der Waals surface area contributed by atoms with E-state index in [2.05, 4.69) is 15.3 Å². The number of benzene rings is 1. The molecule has 0 aliphatic carbocycles. The zero-order valence-electron chi connectivity index (χ0n) is 11.7. The molecule has 6 nitrogen and oxygen atoms in total. The summed E-state index contributed by atoms with van der Waals surface area (Å²) in [7, 11) is 0. The first-order valence-corrected chi connectivity index (χ1v) is 6.60. The third-order valence-corrected chi connectivity index (χ3v) is 2.79. The van der Waals surface area contributed by atoms with Crippen LogP contribution in [0.4, 0.5) is 0 Å². The van der Waals surface area contributed by atoms with Gasteiger partial charge in [-0.2, -0.15) is 0 Å². The van der Waals surface area contributed by atoms with E-state index in [0.29, 0.717) is 25.4 Å². The number of aromatic nitrogens is 2. The molecule has 0 spiro atoms. The summed E-state index contributed by atoms with van der Waals surface area (Å²) in [6.07, 6.45) is 3.44. The van der Waals surface area contributed by atoms with Crippen LogP contribution in [0.15, 0.2) is 36.7 Å². The minimum atomic E-state index is -0.992. The van der Waals surface area contributed by atoms with E-state index < -0.39 is 5.97 Å². The number of nitrogens with one attached hydrogen (secondary N) is 1. The van der Waals surface area contributed by atoms with Gasteiger partial charge in [0.1, 0.15) is 17.9 Å². The number of carbonyl (C=O) groups is 1. The summed E-state index contributed by atoms with van der Waals surface area (Å²) in [5.41, 5.74) is 1.90. The Hall–Kier alpha value is -2.47. The van der Waals surface area contributed by atoms with Crippen LogP contribution in [0.5, 0.6) is 5.75 Å². The molecule has 2 N–H and O–H groups in total. The Kier molecular flexibility index (Phi) is 5.22. The molecule has 0 bridgehead atoms. The van der Waals surface area contributed by atoms with Gasteiger partial charge in [0.05, 0.1) is 11.4 Å². The van der Waals surface area contributed by atoms with Gasteiger partial charge in [0.15, 0.2) is 0 Å². The minimum Gasteiger partial charge on any atom is -0.491 e. The third-order valence-electron chi connectivity index (χ3n) is 2.79. The van der Waals surface area contributed by atoms with Gasteiger partial charge in [0.25, 0.3) is 0 Å². The number of hydrogen-bond acceptors (Lipinski definition) is 5. The highest BCUT2D eigenvalue weighted by molar-refractivity contribution is 5.90. The van der Waals surface area contributed by atoms with Crippen LogP contribution in [0.2, 0.25) is 0 Å². The van der Waals surface area contributed by atoms with E-state index >= 15 is 0 Å². The van der Waals surface area contributed by atoms with Crippen LogP contribution in [-0.4, -0.2) is 34.2 Å². The smallest absolute Gasteiger partial charge is 0.339 e. The van der Waals surface area contributed by atoms with Gasteiger partial charge in [-0.3, -0.25) is 9.97 Å². The zero-order chi connectivity index (χ0) is 15.1. The Labute approximate surface area is 122 Å². The largest absolute Gasteiger partial charge is 0.491 e. The quantitative estimate of drug-likeness (QED) is 0.753. The minimum absolute atomic E-state index is 0.168. The molecular weight excluding hydrogens is 270 g/mol. The Balaban J connectivity index is 1.75. The summed E-state index contributed by atoms with van der Waals surface area (Å²) in [6.45, 7) is 3.45. The number of nitrogens with zero attached hydrogens (tertiary/aromatic N) is 2. The molecule has 0 saturated heterocycles. The predicted molar refractivity (Wildman–Crippen MR) is 77.4 cm³/mol. The third kappa shape index (κ3) is 4.54. The zero-order valence-corrected chi connectivity index (χ0v) is 11.7. The van der Waals surface area contributed by atoms with Gasteiger partial charge in [0.2, 0.25) is 0 Å². The number of rotatable bonds is 7. The monoisotopic (exact) mass is 287 g/mol. The molecule has 110 valence electrons. The first-order chi connectivity index (χ1) is 10.2. The lowest BCUT2D eigenvalue weighted by Crippen LogP contribution is -2.21. The Morgan fingerprint density at radius 1 is 1.29 bits per heavy atom. The highest BCUT2D eigenvalue weighted by Gasteiger charge is 2.09. The molecule has 0 fully saturated rings. The topological polar surface area (TPSA) is 84.3 Å². The van der Waals surface area contributed by atoms with Crippen LogP contribution in [0.25, 0.3) is 0 Å². The van der Waals surface area contributed by atoms with Crippen molar-refractivity contribution in [2.75, 3.05) is 13.2 Å². The normalized spacial score (nSPS) is 10.3. The number of para-hydroxylation sites is 1. The van der Waals surface area contributed by atoms with Crippen LogP contribution in [-0.2, 0) is 6.54 Å². The summed E-state index contributed by atoms with van der Waals surface area (Å²) in [6, 6.07) is 6.59. The first kappa shape index (κ1) is 14.9. The van der Waals surface area contributed by atoms with Crippen molar-refractivity contribution in [1.29, 1.82) is 0 Å². The fourth-order valence-electron chi connectivity index (χ4n) is 1.73. The summed E-state index contributed by atoms with van der Waals surface area (Å²) in [4.78, 5) is 19.4. The van der Waals surface area contributed by atoms with E-state index in [0.717, 1.165) is 11.4 Å². The van der Waals surface area contributed by atoms with Crippen LogP contribution >= 0.6 is 0 Å². The molecule has 1 aromatic carbocycles. The van der Waals surface area contributed by atoms with E-state index in [1.54, 1.807) is 30.6 Å². The van der Waals surface area contributed by atoms with Crippen molar-refractivity contribution in [2.24, 2.45) is 0 Å². The number of carboxylic acids is 1. The van der Waals surface area contributed by atoms with Gasteiger partial charge in [-0.1, -0.05) is 12.1 Å². The lowest BCUT2D eigenvalue weighted by atomic mass is 10.2. The number of carboxylic acid groups (broad SMARTS) is 1. The molecule has 2 aromatic rings. The average Bonchev–Trinajstić information content (AvgIpc) is 2.49. The molecule has 0 unspecified atom stereocenters. The van der Waals surface area contributed by atoms with E-state index in [9.17, 15) is 4.79 Å². The number of aryl methyl sites for hydroxylation is 1. The highest BCUT2D eigenvalue weighted by Crippen LogP contribution is 2.17. The lowest BCUT2D eigenvalue weighted by Gasteiger charge is -2.09. The van der Waals surface area contributed by atoms with Crippen LogP contribution in [0.3, 0.4) is 0 Å². The molecule has 0 amide bonds. The molecule has 1 heterocycles. The van der Waals surface area contributed by atoms with Crippen LogP contribution in [0.1, 0.15) is 21.7 Å². The van der Waals surface area contributed by atoms with Crippen molar-refractivity contribution < 1.29 is 14.6 Å². The summed E-state index contributed by atoms with van der Waals surface area (Å²) in [5, 5.41) is 12.2. The van der Waals surface area contributed by atoms with E-state index in [1.807, 2.05) is 6.92 Å². The number of aromatic carboxylic acids is 1. The molecule has 0 radical (unpaired) electrons. The average molecular weight is 287 g/mol. The molecule has 0 aliphatic heterocycles. The fraction of sp³-hybridized carbons (Fsp3) is 0.267. The van der Waals surface area contributed by atoms with Gasteiger partial charge in [0, 0.05) is 25.5 Å². The predicted octanol–water partition coefficient (Wildman–Crippen LogP) is 1.65. The highest BCUT2D eigenvalue weighted by atomic mass is 16.5. The van der Waals surface area contributed by atoms with Crippen molar-refractivity contribution >= 4 is 5.97 Å². The van der Waals surface area contributed by atoms with Gasteiger partial charge in [-0.25, -0.2) is 4.79 Å². The van der Waals surface area contributed by atoms with Crippen molar-refractivity contribution in [3.8, 4) is 5.75 Å². The molecule has 6 heteroatoms. The summed E-state index contributed by atoms with van der Waals surface area (Å²) in [5.74, 6) is -0.615. The second-order valence-corrected chi connectivity index (χ2v) is 4.48. The van der Waals surface area contributed by atoms with E-state index in [1.165, 1.54) is 6.07 Å². The van der Waals surface area contributed by atoms with Crippen molar-refractivity contribution in [3.05, 3.63) is 53.6 Å². The maximum atomic E-state index is 11.0. The SMILES string of the molecule is Cc1cnc(CNCCOc2ccccc2C(=O)O)cn1. The maximum absolute atomic E-state index is 11.0. The van der Waals surface area contributed by atoms with E-state index in [-0.39, 0.29) is 5.56 Å². The fourth-order valence-corrected chi connectivity index (χ4v) is 1.73. The molecule has 1 aromatic heterocycles. The molecule has 21 heavy (non-hydrogen) atoms. The standard InChI is InChI=1S/C15H17N3O3/c1-11-8-18-12(10-17-11)9-16-6-7-21-14-5-3-2-4-13(14)15(19)20/h2-5,8,10,16H,6-7,9H2,1H3,(H,19,20). The van der Waals surface area contributed by atoms with Gasteiger partial charge >= 0.3 is 5.97 Å². The number of hydrogen-bond donors (Lipinski definition) is 2. The Morgan fingerprint density at radius 2 is 2.10 bits per heavy atom. The Morgan fingerprint density at radius 3 is 2.81 bits per heavy atom. The van der Waals surface area contributed by atoms with Gasteiger partial charge in [-0.15, -0.1) is 0 Å². The summed E-state index contributed by atoms with van der Waals surface area (Å²) < 4.78 is 5.48. The Bertz CT molecular complexity index is 599. The molecule has 2 rings (SSSR count).